The van der Waals surface area contributed by atoms with Gasteiger partial charge in [-0.25, -0.2) is 4.79 Å². The van der Waals surface area contributed by atoms with Gasteiger partial charge in [0, 0.05) is 16.1 Å². The average molecular weight is 335 g/mol. The zero-order chi connectivity index (χ0) is 16.4. The summed E-state index contributed by atoms with van der Waals surface area (Å²) in [5.41, 5.74) is 1.77. The maximum Gasteiger partial charge on any atom is 0.323 e. The minimum Gasteiger partial charge on any atom is -0.322 e. The normalized spacial score (nSPS) is 11.1. The molecule has 118 valence electrons. The van der Waals surface area contributed by atoms with Crippen LogP contribution in [0.1, 0.15) is 10.4 Å². The standard InChI is InChI=1S/C15H11F2N3O2S/c16-14(17)23-10-4-1-8(2-5-10)13(21)18-9-3-6-11-12(7-9)20-15(22)19-11/h1-7,14H,(H,18,21)(H2,19,20,22). The predicted octanol–water partition coefficient (Wildman–Crippen LogP) is 3.42. The molecule has 3 N–H and O–H groups in total. The zero-order valence-electron chi connectivity index (χ0n) is 11.6. The Kier molecular flexibility index (Phi) is 4.16. The van der Waals surface area contributed by atoms with E-state index in [1.54, 1.807) is 18.2 Å². The van der Waals surface area contributed by atoms with Crippen LogP contribution in [0.4, 0.5) is 14.5 Å². The maximum atomic E-state index is 12.3. The van der Waals surface area contributed by atoms with Gasteiger partial charge in [0.2, 0.25) is 0 Å². The van der Waals surface area contributed by atoms with Gasteiger partial charge in [0.1, 0.15) is 0 Å². The van der Waals surface area contributed by atoms with Gasteiger partial charge in [0.25, 0.3) is 11.7 Å². The smallest absolute Gasteiger partial charge is 0.322 e. The van der Waals surface area contributed by atoms with Crippen LogP contribution in [-0.2, 0) is 0 Å². The van der Waals surface area contributed by atoms with Crippen molar-refractivity contribution in [1.82, 2.24) is 9.97 Å². The molecule has 1 amide bonds. The van der Waals surface area contributed by atoms with Crippen LogP contribution in [0.3, 0.4) is 0 Å². The number of alkyl halides is 2. The van der Waals surface area contributed by atoms with E-state index in [1.807, 2.05) is 0 Å². The van der Waals surface area contributed by atoms with E-state index in [-0.39, 0.29) is 11.6 Å². The number of H-pyrrole nitrogens is 2. The number of carbonyl (C=O) groups is 1. The highest BCUT2D eigenvalue weighted by atomic mass is 32.2. The molecule has 1 aromatic heterocycles. The number of rotatable bonds is 4. The van der Waals surface area contributed by atoms with Crippen molar-refractivity contribution in [3.05, 3.63) is 58.5 Å². The zero-order valence-corrected chi connectivity index (χ0v) is 12.4. The van der Waals surface area contributed by atoms with Crippen molar-refractivity contribution in [2.75, 3.05) is 5.32 Å². The molecule has 1 heterocycles. The van der Waals surface area contributed by atoms with Crippen LogP contribution in [-0.4, -0.2) is 21.6 Å². The van der Waals surface area contributed by atoms with Crippen LogP contribution in [0.2, 0.25) is 0 Å². The molecule has 0 bridgehead atoms. The van der Waals surface area contributed by atoms with Gasteiger partial charge in [-0.1, -0.05) is 11.8 Å². The number of thioether (sulfide) groups is 1. The average Bonchev–Trinajstić information content (AvgIpc) is 2.86. The van der Waals surface area contributed by atoms with Crippen molar-refractivity contribution >= 4 is 34.4 Å². The molecule has 3 rings (SSSR count). The highest BCUT2D eigenvalue weighted by Gasteiger charge is 2.09. The topological polar surface area (TPSA) is 77.8 Å². The second kappa shape index (κ2) is 6.25. The molecule has 5 nitrogen and oxygen atoms in total. The Morgan fingerprint density at radius 1 is 1.04 bits per heavy atom. The molecule has 3 aromatic rings. The van der Waals surface area contributed by atoms with E-state index in [4.69, 9.17) is 0 Å². The number of benzene rings is 2. The summed E-state index contributed by atoms with van der Waals surface area (Å²) in [6, 6.07) is 10.9. The third kappa shape index (κ3) is 3.59. The number of hydrogen-bond acceptors (Lipinski definition) is 3. The van der Waals surface area contributed by atoms with Gasteiger partial charge in [0.05, 0.1) is 11.0 Å². The summed E-state index contributed by atoms with van der Waals surface area (Å²) in [7, 11) is 0. The summed E-state index contributed by atoms with van der Waals surface area (Å²) < 4.78 is 24.5. The lowest BCUT2D eigenvalue weighted by molar-refractivity contribution is 0.102. The van der Waals surface area contributed by atoms with E-state index < -0.39 is 5.76 Å². The van der Waals surface area contributed by atoms with Gasteiger partial charge in [-0.15, -0.1) is 0 Å². The highest BCUT2D eigenvalue weighted by molar-refractivity contribution is 7.99. The molecule has 0 aliphatic rings. The first-order valence-electron chi connectivity index (χ1n) is 6.59. The Morgan fingerprint density at radius 3 is 2.43 bits per heavy atom. The van der Waals surface area contributed by atoms with Crippen molar-refractivity contribution in [2.45, 2.75) is 10.7 Å². The SMILES string of the molecule is O=C(Nc1ccc2[nH]c(=O)[nH]c2c1)c1ccc(SC(F)F)cc1. The molecule has 0 aliphatic carbocycles. The van der Waals surface area contributed by atoms with Crippen LogP contribution >= 0.6 is 11.8 Å². The van der Waals surface area contributed by atoms with Crippen LogP contribution in [0.15, 0.2) is 52.2 Å². The molecule has 8 heteroatoms. The number of hydrogen-bond donors (Lipinski definition) is 3. The second-order valence-corrected chi connectivity index (χ2v) is 5.76. The van der Waals surface area contributed by atoms with Crippen molar-refractivity contribution in [2.24, 2.45) is 0 Å². The molecule has 0 radical (unpaired) electrons. The van der Waals surface area contributed by atoms with Crippen molar-refractivity contribution in [1.29, 1.82) is 0 Å². The second-order valence-electron chi connectivity index (χ2n) is 4.70. The lowest BCUT2D eigenvalue weighted by Crippen LogP contribution is -2.11. The molecular weight excluding hydrogens is 324 g/mol. The fourth-order valence-corrected chi connectivity index (χ4v) is 2.60. The minimum atomic E-state index is -2.50. The van der Waals surface area contributed by atoms with E-state index in [1.165, 1.54) is 24.3 Å². The Balaban J connectivity index is 1.75. The summed E-state index contributed by atoms with van der Waals surface area (Å²) in [6.07, 6.45) is 0. The molecule has 23 heavy (non-hydrogen) atoms. The Morgan fingerprint density at radius 2 is 1.74 bits per heavy atom. The number of amides is 1. The van der Waals surface area contributed by atoms with Gasteiger partial charge in [-0.2, -0.15) is 8.78 Å². The molecule has 0 spiro atoms. The van der Waals surface area contributed by atoms with Gasteiger partial charge >= 0.3 is 5.69 Å². The van der Waals surface area contributed by atoms with E-state index in [2.05, 4.69) is 15.3 Å². The number of nitrogens with one attached hydrogen (secondary N) is 3. The van der Waals surface area contributed by atoms with Crippen LogP contribution < -0.4 is 11.0 Å². The van der Waals surface area contributed by atoms with Gasteiger partial charge in [-0.05, 0) is 42.5 Å². The molecule has 0 aliphatic heterocycles. The lowest BCUT2D eigenvalue weighted by atomic mass is 10.2. The number of aromatic nitrogens is 2. The quantitative estimate of drug-likeness (QED) is 0.639. The fourth-order valence-electron chi connectivity index (χ4n) is 2.10. The van der Waals surface area contributed by atoms with E-state index in [0.29, 0.717) is 38.9 Å². The molecule has 0 atom stereocenters. The Hall–Kier alpha value is -2.61. The number of halogens is 2. The summed E-state index contributed by atoms with van der Waals surface area (Å²) in [6.45, 7) is 0. The van der Waals surface area contributed by atoms with Crippen molar-refractivity contribution in [3.8, 4) is 0 Å². The lowest BCUT2D eigenvalue weighted by Gasteiger charge is -2.06. The number of fused-ring (bicyclic) bond motifs is 1. The first kappa shape index (κ1) is 15.3. The predicted molar refractivity (Wildman–Crippen MR) is 85.2 cm³/mol. The molecule has 0 saturated heterocycles. The Labute approximate surface area is 133 Å². The summed E-state index contributed by atoms with van der Waals surface area (Å²) in [5.74, 6) is -2.86. The number of anilines is 1. The van der Waals surface area contributed by atoms with E-state index >= 15 is 0 Å². The third-order valence-electron chi connectivity index (χ3n) is 3.12. The number of imidazole rings is 1. The summed E-state index contributed by atoms with van der Waals surface area (Å²) >= 11 is 0.424. The minimum absolute atomic E-state index is 0.324. The van der Waals surface area contributed by atoms with Crippen molar-refractivity contribution < 1.29 is 13.6 Å². The first-order valence-corrected chi connectivity index (χ1v) is 7.47. The third-order valence-corrected chi connectivity index (χ3v) is 3.84. The highest BCUT2D eigenvalue weighted by Crippen LogP contribution is 2.25. The maximum absolute atomic E-state index is 12.3. The van der Waals surface area contributed by atoms with Crippen LogP contribution in [0, 0.1) is 0 Å². The Bertz CT molecular complexity index is 903. The molecule has 2 aromatic carbocycles. The summed E-state index contributed by atoms with van der Waals surface area (Å²) in [5, 5.41) is 2.69. The van der Waals surface area contributed by atoms with Gasteiger partial charge < -0.3 is 15.3 Å². The number of carbonyl (C=O) groups excluding carboxylic acids is 1. The first-order chi connectivity index (χ1) is 11.0. The van der Waals surface area contributed by atoms with Crippen LogP contribution in [0.25, 0.3) is 11.0 Å². The monoisotopic (exact) mass is 335 g/mol. The summed E-state index contributed by atoms with van der Waals surface area (Å²) in [4.78, 5) is 28.9. The molecule has 0 unspecified atom stereocenters. The molecule has 0 saturated carbocycles. The van der Waals surface area contributed by atoms with Gasteiger partial charge in [-0.3, -0.25) is 4.79 Å². The van der Waals surface area contributed by atoms with E-state index in [9.17, 15) is 18.4 Å². The van der Waals surface area contributed by atoms with E-state index in [0.717, 1.165) is 0 Å². The molecular formula is C15H11F2N3O2S. The van der Waals surface area contributed by atoms with Gasteiger partial charge in [0.15, 0.2) is 0 Å². The fraction of sp³-hybridized carbons (Fsp3) is 0.0667. The van der Waals surface area contributed by atoms with Crippen LogP contribution in [0.5, 0.6) is 0 Å². The number of aromatic amines is 2. The molecule has 0 fully saturated rings. The largest absolute Gasteiger partial charge is 0.323 e. The van der Waals surface area contributed by atoms with Crippen molar-refractivity contribution in [3.63, 3.8) is 0 Å².